The second-order valence-corrected chi connectivity index (χ2v) is 8.69. The Kier molecular flexibility index (Phi) is 5.46. The van der Waals surface area contributed by atoms with Gasteiger partial charge in [0.2, 0.25) is 5.91 Å². The maximum atomic E-state index is 12.6. The van der Waals surface area contributed by atoms with E-state index in [2.05, 4.69) is 22.3 Å². The largest absolute Gasteiger partial charge is 0.388 e. The molecule has 2 aromatic carbocycles. The van der Waals surface area contributed by atoms with Gasteiger partial charge in [0.1, 0.15) is 0 Å². The third-order valence-corrected chi connectivity index (χ3v) is 6.37. The Morgan fingerprint density at radius 1 is 1.18 bits per heavy atom. The molecule has 0 radical (unpaired) electrons. The molecule has 1 aliphatic heterocycles. The minimum Gasteiger partial charge on any atom is -0.388 e. The Bertz CT molecular complexity index is 836. The summed E-state index contributed by atoms with van der Waals surface area (Å²) in [5.41, 5.74) is 1.18. The van der Waals surface area contributed by atoms with Crippen LogP contribution in [0.2, 0.25) is 5.02 Å². The summed E-state index contributed by atoms with van der Waals surface area (Å²) < 4.78 is 0. The number of likely N-dealkylation sites (tertiary alicyclic amines) is 1. The number of hydrogen-bond donors (Lipinski definition) is 2. The molecule has 3 atom stereocenters. The molecular weight excluding hydrogens is 372 g/mol. The highest BCUT2D eigenvalue weighted by Gasteiger charge is 2.47. The van der Waals surface area contributed by atoms with Crippen LogP contribution in [0.5, 0.6) is 0 Å². The van der Waals surface area contributed by atoms with Gasteiger partial charge in [-0.15, -0.1) is 0 Å². The highest BCUT2D eigenvalue weighted by molar-refractivity contribution is 6.31. The fourth-order valence-corrected chi connectivity index (χ4v) is 4.34. The van der Waals surface area contributed by atoms with Gasteiger partial charge in [0.05, 0.1) is 17.7 Å². The third kappa shape index (κ3) is 4.09. The third-order valence-electron chi connectivity index (χ3n) is 6.00. The van der Waals surface area contributed by atoms with E-state index >= 15 is 0 Å². The minimum absolute atomic E-state index is 0.0609. The van der Waals surface area contributed by atoms with Crippen molar-refractivity contribution in [2.24, 2.45) is 5.92 Å². The molecule has 1 heterocycles. The molecule has 1 saturated carbocycles. The summed E-state index contributed by atoms with van der Waals surface area (Å²) in [6.45, 7) is 3.24. The summed E-state index contributed by atoms with van der Waals surface area (Å²) in [4.78, 5) is 14.9. The second kappa shape index (κ2) is 7.86. The first-order valence-corrected chi connectivity index (χ1v) is 10.4. The molecule has 2 aliphatic rings. The van der Waals surface area contributed by atoms with Crippen molar-refractivity contribution in [2.75, 3.05) is 6.54 Å². The Morgan fingerprint density at radius 2 is 1.86 bits per heavy atom. The quantitative estimate of drug-likeness (QED) is 0.802. The van der Waals surface area contributed by atoms with Gasteiger partial charge in [-0.3, -0.25) is 9.69 Å². The van der Waals surface area contributed by atoms with E-state index in [4.69, 9.17) is 11.6 Å². The Labute approximate surface area is 171 Å². The smallest absolute Gasteiger partial charge is 0.223 e. The lowest BCUT2D eigenvalue weighted by Crippen LogP contribution is -2.62. The van der Waals surface area contributed by atoms with Crippen LogP contribution in [-0.2, 0) is 11.3 Å². The van der Waals surface area contributed by atoms with Crippen LogP contribution in [-0.4, -0.2) is 34.1 Å². The monoisotopic (exact) mass is 398 g/mol. The summed E-state index contributed by atoms with van der Waals surface area (Å²) in [7, 11) is 0. The van der Waals surface area contributed by atoms with Gasteiger partial charge < -0.3 is 10.4 Å². The fraction of sp³-hybridized carbons (Fsp3) is 0.435. The molecule has 4 nitrogen and oxygen atoms in total. The van der Waals surface area contributed by atoms with Crippen molar-refractivity contribution in [2.45, 2.75) is 50.4 Å². The average Bonchev–Trinajstić information content (AvgIpc) is 3.52. The summed E-state index contributed by atoms with van der Waals surface area (Å²) in [5, 5.41) is 15.1. The van der Waals surface area contributed by atoms with E-state index in [-0.39, 0.29) is 23.9 Å². The van der Waals surface area contributed by atoms with Crippen LogP contribution in [0.4, 0.5) is 0 Å². The van der Waals surface area contributed by atoms with E-state index in [1.807, 2.05) is 49.4 Å². The number of halogens is 1. The number of nitrogens with one attached hydrogen (secondary N) is 1. The first kappa shape index (κ1) is 19.4. The van der Waals surface area contributed by atoms with Gasteiger partial charge in [-0.25, -0.2) is 0 Å². The number of hydrogen-bond acceptors (Lipinski definition) is 3. The SMILES string of the molecule is CC1(O)CCN(Cc2ccccc2Cl)C(c2ccccc2)C1NC(=O)C1CC1. The standard InChI is InChI=1S/C23H27ClN2O2/c1-23(28)13-14-26(15-18-9-5-6-10-19(18)24)20(16-7-3-2-4-8-16)21(23)25-22(27)17-11-12-17/h2-10,17,20-21,28H,11-15H2,1H3,(H,25,27). The van der Waals surface area contributed by atoms with Crippen molar-refractivity contribution in [3.05, 3.63) is 70.7 Å². The highest BCUT2D eigenvalue weighted by atomic mass is 35.5. The summed E-state index contributed by atoms with van der Waals surface area (Å²) in [6.07, 6.45) is 2.48. The number of rotatable bonds is 5. The van der Waals surface area contributed by atoms with Crippen LogP contribution in [0.15, 0.2) is 54.6 Å². The first-order valence-electron chi connectivity index (χ1n) is 10.0. The Hall–Kier alpha value is -1.88. The van der Waals surface area contributed by atoms with E-state index < -0.39 is 5.60 Å². The van der Waals surface area contributed by atoms with Crippen LogP contribution in [0.25, 0.3) is 0 Å². The average molecular weight is 399 g/mol. The summed E-state index contributed by atoms with van der Waals surface area (Å²) in [5.74, 6) is 0.164. The molecule has 4 rings (SSSR count). The molecule has 28 heavy (non-hydrogen) atoms. The predicted octanol–water partition coefficient (Wildman–Crippen LogP) is 3.93. The van der Waals surface area contributed by atoms with Gasteiger partial charge >= 0.3 is 0 Å². The lowest BCUT2D eigenvalue weighted by molar-refractivity contribution is -0.130. The lowest BCUT2D eigenvalue weighted by atomic mass is 9.79. The van der Waals surface area contributed by atoms with E-state index in [9.17, 15) is 9.90 Å². The molecule has 2 aromatic rings. The number of amides is 1. The zero-order chi connectivity index (χ0) is 19.7. The number of piperidine rings is 1. The lowest BCUT2D eigenvalue weighted by Gasteiger charge is -2.49. The number of aliphatic hydroxyl groups is 1. The fourth-order valence-electron chi connectivity index (χ4n) is 4.14. The molecule has 2 fully saturated rings. The van der Waals surface area contributed by atoms with Crippen LogP contribution >= 0.6 is 11.6 Å². The molecule has 0 spiro atoms. The van der Waals surface area contributed by atoms with Gasteiger partial charge in [0.15, 0.2) is 0 Å². The number of carbonyl (C=O) groups is 1. The number of carbonyl (C=O) groups excluding carboxylic acids is 1. The molecule has 5 heteroatoms. The number of nitrogens with zero attached hydrogens (tertiary/aromatic N) is 1. The molecule has 3 unspecified atom stereocenters. The maximum Gasteiger partial charge on any atom is 0.223 e. The zero-order valence-electron chi connectivity index (χ0n) is 16.1. The van der Waals surface area contributed by atoms with Crippen LogP contribution in [0.3, 0.4) is 0 Å². The Balaban J connectivity index is 1.68. The van der Waals surface area contributed by atoms with Gasteiger partial charge in [-0.2, -0.15) is 0 Å². The van der Waals surface area contributed by atoms with Gasteiger partial charge in [-0.05, 0) is 43.4 Å². The first-order chi connectivity index (χ1) is 13.5. The number of benzene rings is 2. The second-order valence-electron chi connectivity index (χ2n) is 8.29. The normalized spacial score (nSPS) is 28.1. The molecule has 2 N–H and O–H groups in total. The van der Waals surface area contributed by atoms with Crippen molar-refractivity contribution < 1.29 is 9.90 Å². The van der Waals surface area contributed by atoms with Gasteiger partial charge in [0.25, 0.3) is 0 Å². The predicted molar refractivity (Wildman–Crippen MR) is 111 cm³/mol. The molecular formula is C23H27ClN2O2. The molecule has 1 saturated heterocycles. The van der Waals surface area contributed by atoms with E-state index in [0.29, 0.717) is 13.0 Å². The van der Waals surface area contributed by atoms with Crippen molar-refractivity contribution in [1.82, 2.24) is 10.2 Å². The Morgan fingerprint density at radius 3 is 2.54 bits per heavy atom. The van der Waals surface area contributed by atoms with Gasteiger partial charge in [0, 0.05) is 24.0 Å². The van der Waals surface area contributed by atoms with E-state index in [1.54, 1.807) is 0 Å². The molecule has 1 amide bonds. The van der Waals surface area contributed by atoms with E-state index in [0.717, 1.165) is 35.5 Å². The summed E-state index contributed by atoms with van der Waals surface area (Å²) >= 11 is 6.42. The molecule has 148 valence electrons. The zero-order valence-corrected chi connectivity index (χ0v) is 16.9. The van der Waals surface area contributed by atoms with Gasteiger partial charge in [-0.1, -0.05) is 60.1 Å². The minimum atomic E-state index is -0.970. The topological polar surface area (TPSA) is 52.6 Å². The van der Waals surface area contributed by atoms with Crippen LogP contribution < -0.4 is 5.32 Å². The maximum absolute atomic E-state index is 12.6. The molecule has 1 aliphatic carbocycles. The van der Waals surface area contributed by atoms with Crippen LogP contribution in [0, 0.1) is 5.92 Å². The highest BCUT2D eigenvalue weighted by Crippen LogP contribution is 2.39. The molecule has 0 aromatic heterocycles. The van der Waals surface area contributed by atoms with Crippen LogP contribution in [0.1, 0.15) is 43.4 Å². The van der Waals surface area contributed by atoms with Crippen molar-refractivity contribution in [3.63, 3.8) is 0 Å². The van der Waals surface area contributed by atoms with Crippen molar-refractivity contribution in [1.29, 1.82) is 0 Å². The van der Waals surface area contributed by atoms with Crippen molar-refractivity contribution in [3.8, 4) is 0 Å². The molecule has 0 bridgehead atoms. The van der Waals surface area contributed by atoms with E-state index in [1.165, 1.54) is 0 Å². The summed E-state index contributed by atoms with van der Waals surface area (Å²) in [6, 6.07) is 17.5. The van der Waals surface area contributed by atoms with Crippen molar-refractivity contribution >= 4 is 17.5 Å².